The molecule has 1 saturated carbocycles. The molecule has 0 aromatic carbocycles. The van der Waals surface area contributed by atoms with Crippen LogP contribution in [-0.4, -0.2) is 35.1 Å². The Kier molecular flexibility index (Phi) is 4.84. The average molecular weight is 370 g/mol. The summed E-state index contributed by atoms with van der Waals surface area (Å²) in [6.45, 7) is 0. The van der Waals surface area contributed by atoms with Gasteiger partial charge in [-0.15, -0.1) is 11.3 Å². The number of rotatable bonds is 6. The first kappa shape index (κ1) is 17.6. The quantitative estimate of drug-likeness (QED) is 0.782. The second-order valence-electron chi connectivity index (χ2n) is 6.99. The van der Waals surface area contributed by atoms with Crippen molar-refractivity contribution in [3.8, 4) is 0 Å². The smallest absolute Gasteiger partial charge is 0.339 e. The van der Waals surface area contributed by atoms with Gasteiger partial charge >= 0.3 is 5.97 Å². The van der Waals surface area contributed by atoms with E-state index in [-0.39, 0.29) is 23.6 Å². The van der Waals surface area contributed by atoms with Gasteiger partial charge in [0.25, 0.3) is 0 Å². The predicted octanol–water partition coefficient (Wildman–Crippen LogP) is 2.84. The fraction of sp³-hybridized carbons (Fsp3) is 0.647. The Morgan fingerprint density at radius 2 is 2.04 bits per heavy atom. The highest BCUT2D eigenvalue weighted by atomic mass is 32.2. The van der Waals surface area contributed by atoms with E-state index in [1.807, 2.05) is 0 Å². The second-order valence-corrected chi connectivity index (χ2v) is 10.5. The Bertz CT molecular complexity index is 775. The molecule has 1 fully saturated rings. The van der Waals surface area contributed by atoms with Crippen LogP contribution in [0.25, 0.3) is 0 Å². The first-order valence-electron chi connectivity index (χ1n) is 8.24. The van der Waals surface area contributed by atoms with E-state index in [2.05, 4.69) is 0 Å². The molecule has 0 spiro atoms. The molecule has 132 valence electrons. The van der Waals surface area contributed by atoms with Gasteiger partial charge in [0.1, 0.15) is 5.78 Å². The highest BCUT2D eigenvalue weighted by Gasteiger charge is 2.34. The summed E-state index contributed by atoms with van der Waals surface area (Å²) in [7, 11) is -1.18. The fourth-order valence-corrected chi connectivity index (χ4v) is 6.01. The molecule has 7 heteroatoms. The molecular formula is C17H23NO4S2. The number of ketones is 1. The molecule has 2 aliphatic carbocycles. The summed E-state index contributed by atoms with van der Waals surface area (Å²) in [5.74, 6) is 0.528. The van der Waals surface area contributed by atoms with Crippen LogP contribution in [0.3, 0.4) is 0 Å². The number of aryl methyl sites for hydroxylation is 1. The highest BCUT2D eigenvalue weighted by molar-refractivity contribution is 7.91. The van der Waals surface area contributed by atoms with Gasteiger partial charge in [-0.05, 0) is 43.6 Å². The summed E-state index contributed by atoms with van der Waals surface area (Å²) in [4.78, 5) is 26.5. The van der Waals surface area contributed by atoms with Crippen LogP contribution in [0, 0.1) is 16.6 Å². The van der Waals surface area contributed by atoms with E-state index < -0.39 is 9.73 Å². The third-order valence-electron chi connectivity index (χ3n) is 4.75. The van der Waals surface area contributed by atoms with E-state index in [4.69, 9.17) is 9.52 Å². The SMILES string of the molecule is COC(=O)c1c(CC(=O)C2CC2)sc2c1CC(CS(C)(=N)=O)CC2. The molecule has 2 atom stereocenters. The summed E-state index contributed by atoms with van der Waals surface area (Å²) < 4.78 is 24.4. The molecule has 0 bridgehead atoms. The highest BCUT2D eigenvalue weighted by Crippen LogP contribution is 2.39. The molecular weight excluding hydrogens is 346 g/mol. The van der Waals surface area contributed by atoms with E-state index in [9.17, 15) is 13.8 Å². The minimum atomic E-state index is -2.55. The Balaban J connectivity index is 1.90. The monoisotopic (exact) mass is 369 g/mol. The van der Waals surface area contributed by atoms with Crippen molar-refractivity contribution in [2.45, 2.75) is 38.5 Å². The van der Waals surface area contributed by atoms with Crippen LogP contribution in [0.5, 0.6) is 0 Å². The zero-order valence-corrected chi connectivity index (χ0v) is 15.7. The van der Waals surface area contributed by atoms with Crippen molar-refractivity contribution >= 4 is 32.8 Å². The molecule has 3 rings (SSSR count). The maximum absolute atomic E-state index is 12.3. The third kappa shape index (κ3) is 3.88. The minimum absolute atomic E-state index is 0.150. The average Bonchev–Trinajstić information content (AvgIpc) is 3.28. The predicted molar refractivity (Wildman–Crippen MR) is 94.3 cm³/mol. The summed E-state index contributed by atoms with van der Waals surface area (Å²) in [5.41, 5.74) is 1.52. The van der Waals surface area contributed by atoms with E-state index in [1.54, 1.807) is 11.3 Å². The van der Waals surface area contributed by atoms with Crippen molar-refractivity contribution in [3.63, 3.8) is 0 Å². The van der Waals surface area contributed by atoms with Crippen molar-refractivity contribution in [1.29, 1.82) is 4.78 Å². The number of fused-ring (bicyclic) bond motifs is 1. The maximum atomic E-state index is 12.3. The summed E-state index contributed by atoms with van der Waals surface area (Å²) in [6.07, 6.45) is 6.08. The van der Waals surface area contributed by atoms with E-state index in [0.29, 0.717) is 24.2 Å². The summed E-state index contributed by atoms with van der Waals surface area (Å²) >= 11 is 1.56. The van der Waals surface area contributed by atoms with Crippen LogP contribution >= 0.6 is 11.3 Å². The van der Waals surface area contributed by atoms with Gasteiger partial charge in [0, 0.05) is 43.8 Å². The lowest BCUT2D eigenvalue weighted by Gasteiger charge is -2.22. The first-order valence-corrected chi connectivity index (χ1v) is 11.2. The van der Waals surface area contributed by atoms with E-state index >= 15 is 0 Å². The normalized spacial score (nSPS) is 22.5. The van der Waals surface area contributed by atoms with Crippen molar-refractivity contribution in [3.05, 3.63) is 20.9 Å². The molecule has 24 heavy (non-hydrogen) atoms. The Hall–Kier alpha value is -1.21. The number of hydrogen-bond acceptors (Lipinski definition) is 6. The molecule has 0 aliphatic heterocycles. The standard InChI is InChI=1S/C17H23NO4S2/c1-22-17(20)16-12-7-10(9-24(2,18)21)3-6-14(12)23-15(16)8-13(19)11-4-5-11/h10-11,18H,3-9H2,1-2H3. The molecule has 0 amide bonds. The van der Waals surface area contributed by atoms with Gasteiger partial charge in [-0.1, -0.05) is 0 Å². The largest absolute Gasteiger partial charge is 0.465 e. The summed E-state index contributed by atoms with van der Waals surface area (Å²) in [5, 5.41) is 0. The van der Waals surface area contributed by atoms with Gasteiger partial charge in [-0.25, -0.2) is 4.79 Å². The van der Waals surface area contributed by atoms with Gasteiger partial charge < -0.3 is 4.74 Å². The van der Waals surface area contributed by atoms with Crippen molar-refractivity contribution in [1.82, 2.24) is 0 Å². The molecule has 1 heterocycles. The number of esters is 1. The molecule has 2 aliphatic rings. The number of ether oxygens (including phenoxy) is 1. The van der Waals surface area contributed by atoms with Crippen LogP contribution in [-0.2, 0) is 38.5 Å². The van der Waals surface area contributed by atoms with Crippen molar-refractivity contribution < 1.29 is 18.5 Å². The lowest BCUT2D eigenvalue weighted by atomic mass is 9.87. The van der Waals surface area contributed by atoms with E-state index in [1.165, 1.54) is 13.4 Å². The van der Waals surface area contributed by atoms with Gasteiger partial charge in [-0.2, -0.15) is 0 Å². The van der Waals surface area contributed by atoms with Crippen molar-refractivity contribution in [2.24, 2.45) is 11.8 Å². The second kappa shape index (κ2) is 6.59. The zero-order chi connectivity index (χ0) is 17.5. The molecule has 1 aromatic heterocycles. The van der Waals surface area contributed by atoms with Crippen LogP contribution in [0.1, 0.15) is 44.9 Å². The topological polar surface area (TPSA) is 84.3 Å². The molecule has 5 nitrogen and oxygen atoms in total. The number of carbonyl (C=O) groups excluding carboxylic acids is 2. The lowest BCUT2D eigenvalue weighted by molar-refractivity contribution is -0.119. The van der Waals surface area contributed by atoms with Gasteiger partial charge in [0.2, 0.25) is 0 Å². The Morgan fingerprint density at radius 1 is 1.33 bits per heavy atom. The van der Waals surface area contributed by atoms with E-state index in [0.717, 1.165) is 41.0 Å². The van der Waals surface area contributed by atoms with Crippen LogP contribution in [0.15, 0.2) is 0 Å². The summed E-state index contributed by atoms with van der Waals surface area (Å²) in [6, 6.07) is 0. The van der Waals surface area contributed by atoms with Crippen molar-refractivity contribution in [2.75, 3.05) is 19.1 Å². The minimum Gasteiger partial charge on any atom is -0.465 e. The zero-order valence-electron chi connectivity index (χ0n) is 14.1. The van der Waals surface area contributed by atoms with Gasteiger partial charge in [0.05, 0.1) is 12.7 Å². The molecule has 0 radical (unpaired) electrons. The number of nitrogens with one attached hydrogen (secondary N) is 1. The van der Waals surface area contributed by atoms with Crippen LogP contribution in [0.4, 0.5) is 0 Å². The van der Waals surface area contributed by atoms with Gasteiger partial charge in [0.15, 0.2) is 0 Å². The number of methoxy groups -OCH3 is 1. The lowest BCUT2D eigenvalue weighted by Crippen LogP contribution is -2.22. The third-order valence-corrected chi connectivity index (χ3v) is 7.15. The number of Topliss-reactive ketones (excluding diaryl/α,β-unsaturated/α-hetero) is 1. The van der Waals surface area contributed by atoms with Crippen LogP contribution in [0.2, 0.25) is 0 Å². The number of thiophene rings is 1. The molecule has 2 unspecified atom stereocenters. The Morgan fingerprint density at radius 3 is 2.62 bits per heavy atom. The molecule has 1 aromatic rings. The van der Waals surface area contributed by atoms with Crippen LogP contribution < -0.4 is 0 Å². The van der Waals surface area contributed by atoms with Gasteiger partial charge in [-0.3, -0.25) is 13.8 Å². The maximum Gasteiger partial charge on any atom is 0.339 e. The first-order chi connectivity index (χ1) is 11.3. The Labute approximate surface area is 146 Å². The molecule has 1 N–H and O–H groups in total. The fourth-order valence-electron chi connectivity index (χ4n) is 3.48. The number of hydrogen-bond donors (Lipinski definition) is 1. The number of carbonyl (C=O) groups is 2. The molecule has 0 saturated heterocycles.